The molecule has 130 valence electrons. The van der Waals surface area contributed by atoms with E-state index < -0.39 is 0 Å². The van der Waals surface area contributed by atoms with Crippen molar-refractivity contribution < 1.29 is 4.79 Å². The van der Waals surface area contributed by atoms with Crippen LogP contribution in [0.2, 0.25) is 0 Å². The molecule has 0 bridgehead atoms. The summed E-state index contributed by atoms with van der Waals surface area (Å²) in [5.41, 5.74) is 7.64. The molecule has 0 radical (unpaired) electrons. The largest absolute Gasteiger partial charge is 0.337 e. The molecule has 1 atom stereocenters. The number of aryl methyl sites for hydroxylation is 2. The van der Waals surface area contributed by atoms with Crippen LogP contribution in [0, 0.1) is 5.41 Å². The third-order valence-corrected chi connectivity index (χ3v) is 6.53. The second kappa shape index (κ2) is 7.54. The van der Waals surface area contributed by atoms with Crippen molar-refractivity contribution >= 4 is 29.7 Å². The minimum Gasteiger partial charge on any atom is -0.337 e. The van der Waals surface area contributed by atoms with Crippen molar-refractivity contribution in [3.63, 3.8) is 0 Å². The Bertz CT molecular complexity index is 530. The first-order valence-electron chi connectivity index (χ1n) is 8.64. The summed E-state index contributed by atoms with van der Waals surface area (Å²) in [4.78, 5) is 17.3. The maximum absolute atomic E-state index is 12.9. The monoisotopic (exact) mass is 356 g/mol. The summed E-state index contributed by atoms with van der Waals surface area (Å²) < 4.78 is 0. The lowest BCUT2D eigenvalue weighted by Crippen LogP contribution is -2.53. The summed E-state index contributed by atoms with van der Waals surface area (Å²) in [6.07, 6.45) is 8.41. The van der Waals surface area contributed by atoms with Gasteiger partial charge in [-0.25, -0.2) is 0 Å². The molecular weight excluding hydrogens is 328 g/mol. The lowest BCUT2D eigenvalue weighted by Gasteiger charge is -2.42. The molecule has 1 aliphatic carbocycles. The number of thiophene rings is 1. The fourth-order valence-electron chi connectivity index (χ4n) is 3.65. The van der Waals surface area contributed by atoms with Crippen LogP contribution >= 0.6 is 23.7 Å². The topological polar surface area (TPSA) is 46.3 Å². The van der Waals surface area contributed by atoms with Gasteiger partial charge in [-0.05, 0) is 49.1 Å². The van der Waals surface area contributed by atoms with Crippen molar-refractivity contribution in [1.29, 1.82) is 0 Å². The Hall–Kier alpha value is -0.580. The zero-order valence-corrected chi connectivity index (χ0v) is 15.9. The smallest absolute Gasteiger partial charge is 0.263 e. The Labute approximate surface area is 150 Å². The molecule has 1 fully saturated rings. The van der Waals surface area contributed by atoms with Crippen LogP contribution in [0.25, 0.3) is 0 Å². The van der Waals surface area contributed by atoms with Crippen LogP contribution in [0.5, 0.6) is 0 Å². The fraction of sp³-hybridized carbons (Fsp3) is 0.722. The van der Waals surface area contributed by atoms with Crippen molar-refractivity contribution in [3.8, 4) is 0 Å². The van der Waals surface area contributed by atoms with Gasteiger partial charge in [-0.15, -0.1) is 23.7 Å². The zero-order valence-electron chi connectivity index (χ0n) is 14.3. The number of amides is 1. The molecule has 0 aromatic carbocycles. The molecule has 1 unspecified atom stereocenters. The highest BCUT2D eigenvalue weighted by atomic mass is 35.5. The van der Waals surface area contributed by atoms with E-state index in [1.165, 1.54) is 36.1 Å². The van der Waals surface area contributed by atoms with Gasteiger partial charge in [0.1, 0.15) is 0 Å². The normalized spacial score (nSPS) is 24.1. The maximum atomic E-state index is 12.9. The van der Waals surface area contributed by atoms with Gasteiger partial charge in [0.15, 0.2) is 0 Å². The van der Waals surface area contributed by atoms with Gasteiger partial charge in [-0.2, -0.15) is 0 Å². The molecule has 3 nitrogen and oxygen atoms in total. The lowest BCUT2D eigenvalue weighted by atomic mass is 9.79. The molecule has 3 rings (SSSR count). The van der Waals surface area contributed by atoms with Gasteiger partial charge in [0.25, 0.3) is 5.91 Å². The van der Waals surface area contributed by atoms with Crippen LogP contribution < -0.4 is 5.73 Å². The van der Waals surface area contributed by atoms with Crippen molar-refractivity contribution in [2.45, 2.75) is 64.8 Å². The second-order valence-corrected chi connectivity index (χ2v) is 8.72. The molecule has 0 spiro atoms. The SMILES string of the molecule is CC1(C)CN(C(=O)c2cc3c(s2)CCCCCC3)CCC1N.Cl. The van der Waals surface area contributed by atoms with Crippen LogP contribution in [0.3, 0.4) is 0 Å². The Balaban J connectivity index is 0.00000192. The molecule has 1 amide bonds. The van der Waals surface area contributed by atoms with E-state index in [1.54, 1.807) is 11.3 Å². The average Bonchev–Trinajstić information content (AvgIpc) is 2.83. The van der Waals surface area contributed by atoms with E-state index in [-0.39, 0.29) is 29.8 Å². The van der Waals surface area contributed by atoms with Crippen LogP contribution in [0.15, 0.2) is 6.07 Å². The summed E-state index contributed by atoms with van der Waals surface area (Å²) in [5.74, 6) is 0.219. The molecule has 2 heterocycles. The summed E-state index contributed by atoms with van der Waals surface area (Å²) in [6.45, 7) is 5.91. The standard InChI is InChI=1S/C18H28N2OS.ClH/c1-18(2)12-20(10-9-16(18)19)17(21)15-11-13-7-5-3-4-6-8-14(13)22-15;/h11,16H,3-10,12,19H2,1-2H3;1H. The minimum atomic E-state index is 0. The van der Waals surface area contributed by atoms with Gasteiger partial charge in [0.05, 0.1) is 4.88 Å². The lowest BCUT2D eigenvalue weighted by molar-refractivity contribution is 0.0537. The first-order chi connectivity index (χ1) is 10.5. The van der Waals surface area contributed by atoms with E-state index in [0.717, 1.165) is 37.2 Å². The van der Waals surface area contributed by atoms with Crippen LogP contribution in [-0.2, 0) is 12.8 Å². The number of hydrogen-bond donors (Lipinski definition) is 1. The predicted molar refractivity (Wildman–Crippen MR) is 99.7 cm³/mol. The fourth-order valence-corrected chi connectivity index (χ4v) is 4.87. The zero-order chi connectivity index (χ0) is 15.7. The first kappa shape index (κ1) is 18.8. The summed E-state index contributed by atoms with van der Waals surface area (Å²) >= 11 is 1.74. The predicted octanol–water partition coefficient (Wildman–Crippen LogP) is 4.03. The van der Waals surface area contributed by atoms with Gasteiger partial charge >= 0.3 is 0 Å². The number of halogens is 1. The summed E-state index contributed by atoms with van der Waals surface area (Å²) in [5, 5.41) is 0. The van der Waals surface area contributed by atoms with E-state index >= 15 is 0 Å². The number of hydrogen-bond acceptors (Lipinski definition) is 3. The first-order valence-corrected chi connectivity index (χ1v) is 9.45. The van der Waals surface area contributed by atoms with Gasteiger partial charge in [-0.1, -0.05) is 26.7 Å². The third-order valence-electron chi connectivity index (χ3n) is 5.31. The highest BCUT2D eigenvalue weighted by Gasteiger charge is 2.36. The minimum absolute atomic E-state index is 0. The molecule has 5 heteroatoms. The second-order valence-electron chi connectivity index (χ2n) is 7.58. The number of rotatable bonds is 1. The maximum Gasteiger partial charge on any atom is 0.263 e. The molecule has 0 saturated carbocycles. The highest BCUT2D eigenvalue weighted by Crippen LogP contribution is 2.32. The third kappa shape index (κ3) is 4.09. The quantitative estimate of drug-likeness (QED) is 0.825. The van der Waals surface area contributed by atoms with Crippen LogP contribution in [0.4, 0.5) is 0 Å². The van der Waals surface area contributed by atoms with E-state index in [0.29, 0.717) is 0 Å². The highest BCUT2D eigenvalue weighted by molar-refractivity contribution is 7.14. The van der Waals surface area contributed by atoms with Gasteiger partial charge in [0, 0.05) is 24.0 Å². The van der Waals surface area contributed by atoms with Crippen molar-refractivity contribution in [3.05, 3.63) is 21.4 Å². The molecule has 1 aromatic heterocycles. The molecule has 1 aliphatic heterocycles. The Morgan fingerprint density at radius 3 is 2.65 bits per heavy atom. The Morgan fingerprint density at radius 1 is 1.26 bits per heavy atom. The molecule has 2 N–H and O–H groups in total. The van der Waals surface area contributed by atoms with Crippen molar-refractivity contribution in [2.75, 3.05) is 13.1 Å². The number of carbonyl (C=O) groups excluding carboxylic acids is 1. The average molecular weight is 357 g/mol. The van der Waals surface area contributed by atoms with E-state index in [1.807, 2.05) is 4.90 Å². The number of likely N-dealkylation sites (tertiary alicyclic amines) is 1. The number of nitrogens with two attached hydrogens (primary N) is 1. The summed E-state index contributed by atoms with van der Waals surface area (Å²) in [7, 11) is 0. The van der Waals surface area contributed by atoms with E-state index in [2.05, 4.69) is 19.9 Å². The van der Waals surface area contributed by atoms with Crippen molar-refractivity contribution in [2.24, 2.45) is 11.1 Å². The number of nitrogens with zero attached hydrogens (tertiary/aromatic N) is 1. The molecule has 2 aliphatic rings. The van der Waals surface area contributed by atoms with Gasteiger partial charge in [-0.3, -0.25) is 4.79 Å². The molecule has 23 heavy (non-hydrogen) atoms. The Kier molecular flexibility index (Phi) is 6.15. The number of fused-ring (bicyclic) bond motifs is 1. The number of carbonyl (C=O) groups is 1. The Morgan fingerprint density at radius 2 is 1.96 bits per heavy atom. The van der Waals surface area contributed by atoms with Crippen LogP contribution in [-0.4, -0.2) is 29.9 Å². The van der Waals surface area contributed by atoms with E-state index in [4.69, 9.17) is 5.73 Å². The van der Waals surface area contributed by atoms with E-state index in [9.17, 15) is 4.79 Å². The van der Waals surface area contributed by atoms with Gasteiger partial charge < -0.3 is 10.6 Å². The van der Waals surface area contributed by atoms with Crippen molar-refractivity contribution in [1.82, 2.24) is 4.90 Å². The van der Waals surface area contributed by atoms with Gasteiger partial charge in [0.2, 0.25) is 0 Å². The molecular formula is C18H29ClN2OS. The van der Waals surface area contributed by atoms with Crippen LogP contribution in [0.1, 0.15) is 66.1 Å². The summed E-state index contributed by atoms with van der Waals surface area (Å²) in [6, 6.07) is 2.37. The number of piperidine rings is 1. The molecule has 1 saturated heterocycles. The molecule has 1 aromatic rings.